The predicted octanol–water partition coefficient (Wildman–Crippen LogP) is 5.32. The summed E-state index contributed by atoms with van der Waals surface area (Å²) in [5, 5.41) is 1.23. The molecule has 0 saturated carbocycles. The lowest BCUT2D eigenvalue weighted by atomic mass is 9.98. The lowest BCUT2D eigenvalue weighted by molar-refractivity contribution is 0.398. The van der Waals surface area contributed by atoms with E-state index in [-0.39, 0.29) is 0 Å². The lowest BCUT2D eigenvalue weighted by Gasteiger charge is -2.22. The van der Waals surface area contributed by atoms with E-state index in [1.165, 1.54) is 16.7 Å². The van der Waals surface area contributed by atoms with Gasteiger partial charge in [-0.15, -0.1) is 11.8 Å². The van der Waals surface area contributed by atoms with Crippen molar-refractivity contribution in [2.75, 3.05) is 20.6 Å². The van der Waals surface area contributed by atoms with Crippen LogP contribution in [0.15, 0.2) is 35.5 Å². The third-order valence-electron chi connectivity index (χ3n) is 3.79. The number of halogens is 1. The van der Waals surface area contributed by atoms with Gasteiger partial charge in [-0.1, -0.05) is 42.3 Å². The molecule has 0 amide bonds. The van der Waals surface area contributed by atoms with Gasteiger partial charge in [-0.3, -0.25) is 0 Å². The molecule has 1 aromatic heterocycles. The first-order valence-corrected chi connectivity index (χ1v) is 9.00. The molecule has 120 valence electrons. The van der Waals surface area contributed by atoms with Crippen LogP contribution in [0.3, 0.4) is 0 Å². The SMILES string of the molecule is CCc1cc(C)ccc1C(CCN(C)C)Sc1c[nH]cc1Cl. The first-order chi connectivity index (χ1) is 10.5. The van der Waals surface area contributed by atoms with Gasteiger partial charge in [0.2, 0.25) is 0 Å². The van der Waals surface area contributed by atoms with Gasteiger partial charge in [0.05, 0.1) is 5.02 Å². The quantitative estimate of drug-likeness (QED) is 0.689. The van der Waals surface area contributed by atoms with Gasteiger partial charge < -0.3 is 9.88 Å². The maximum atomic E-state index is 6.27. The number of thioether (sulfide) groups is 1. The van der Waals surface area contributed by atoms with E-state index in [9.17, 15) is 0 Å². The lowest BCUT2D eigenvalue weighted by Crippen LogP contribution is -2.15. The van der Waals surface area contributed by atoms with Crippen LogP contribution in [0.1, 0.15) is 35.3 Å². The summed E-state index contributed by atoms with van der Waals surface area (Å²) >= 11 is 8.13. The van der Waals surface area contributed by atoms with Gasteiger partial charge in [-0.05, 0) is 51.5 Å². The molecule has 0 aliphatic rings. The zero-order chi connectivity index (χ0) is 16.1. The van der Waals surface area contributed by atoms with Crippen LogP contribution in [0.2, 0.25) is 5.02 Å². The summed E-state index contributed by atoms with van der Waals surface area (Å²) in [7, 11) is 4.25. The Bertz CT molecular complexity index is 607. The number of hydrogen-bond donors (Lipinski definition) is 1. The van der Waals surface area contributed by atoms with E-state index < -0.39 is 0 Å². The van der Waals surface area contributed by atoms with Gasteiger partial charge in [0.1, 0.15) is 0 Å². The summed E-state index contributed by atoms with van der Waals surface area (Å²) < 4.78 is 0. The summed E-state index contributed by atoms with van der Waals surface area (Å²) in [6.45, 7) is 5.46. The molecule has 0 aliphatic carbocycles. The van der Waals surface area contributed by atoms with Crippen LogP contribution >= 0.6 is 23.4 Å². The monoisotopic (exact) mass is 336 g/mol. The summed E-state index contributed by atoms with van der Waals surface area (Å²) in [4.78, 5) is 6.47. The molecule has 0 radical (unpaired) electrons. The van der Waals surface area contributed by atoms with Crippen molar-refractivity contribution in [3.05, 3.63) is 52.3 Å². The molecule has 1 unspecified atom stereocenters. The van der Waals surface area contributed by atoms with Gasteiger partial charge in [0, 0.05) is 22.5 Å². The van der Waals surface area contributed by atoms with Crippen LogP contribution in [0.5, 0.6) is 0 Å². The summed E-state index contributed by atoms with van der Waals surface area (Å²) in [5.41, 5.74) is 4.22. The van der Waals surface area contributed by atoms with Crippen molar-refractivity contribution in [2.45, 2.75) is 36.8 Å². The van der Waals surface area contributed by atoms with Gasteiger partial charge in [-0.25, -0.2) is 0 Å². The smallest absolute Gasteiger partial charge is 0.0716 e. The van der Waals surface area contributed by atoms with E-state index >= 15 is 0 Å². The van der Waals surface area contributed by atoms with Crippen molar-refractivity contribution in [1.29, 1.82) is 0 Å². The van der Waals surface area contributed by atoms with Crippen LogP contribution in [-0.4, -0.2) is 30.5 Å². The van der Waals surface area contributed by atoms with Gasteiger partial charge >= 0.3 is 0 Å². The van der Waals surface area contributed by atoms with E-state index in [0.29, 0.717) is 5.25 Å². The average molecular weight is 337 g/mol. The molecule has 2 nitrogen and oxygen atoms in total. The number of aryl methyl sites for hydroxylation is 2. The largest absolute Gasteiger partial charge is 0.365 e. The molecule has 0 saturated heterocycles. The molecule has 0 fully saturated rings. The fourth-order valence-corrected chi connectivity index (χ4v) is 4.03. The fourth-order valence-electron chi connectivity index (χ4n) is 2.58. The second kappa shape index (κ2) is 8.09. The van der Waals surface area contributed by atoms with Gasteiger partial charge in [0.15, 0.2) is 0 Å². The fraction of sp³-hybridized carbons (Fsp3) is 0.444. The maximum Gasteiger partial charge on any atom is 0.0716 e. The minimum Gasteiger partial charge on any atom is -0.365 e. The summed E-state index contributed by atoms with van der Waals surface area (Å²) in [6, 6.07) is 6.83. The topological polar surface area (TPSA) is 19.0 Å². The summed E-state index contributed by atoms with van der Waals surface area (Å²) in [5.74, 6) is 0. The van der Waals surface area contributed by atoms with Crippen LogP contribution in [0.25, 0.3) is 0 Å². The minimum absolute atomic E-state index is 0.422. The average Bonchev–Trinajstić information content (AvgIpc) is 2.88. The van der Waals surface area contributed by atoms with E-state index in [1.54, 1.807) is 0 Å². The van der Waals surface area contributed by atoms with Crippen molar-refractivity contribution >= 4 is 23.4 Å². The number of aromatic amines is 1. The first kappa shape index (κ1) is 17.5. The van der Waals surface area contributed by atoms with Gasteiger partial charge in [-0.2, -0.15) is 0 Å². The molecule has 1 aromatic carbocycles. The number of rotatable bonds is 7. The number of nitrogens with one attached hydrogen (secondary N) is 1. The number of aromatic nitrogens is 1. The second-order valence-electron chi connectivity index (χ2n) is 5.92. The molecule has 1 N–H and O–H groups in total. The van der Waals surface area contributed by atoms with Crippen molar-refractivity contribution in [3.8, 4) is 0 Å². The normalized spacial score (nSPS) is 12.8. The zero-order valence-electron chi connectivity index (χ0n) is 13.8. The minimum atomic E-state index is 0.422. The molecule has 0 bridgehead atoms. The van der Waals surface area contributed by atoms with E-state index in [0.717, 1.165) is 29.3 Å². The van der Waals surface area contributed by atoms with E-state index in [1.807, 2.05) is 24.2 Å². The molecule has 0 aliphatic heterocycles. The van der Waals surface area contributed by atoms with Gasteiger partial charge in [0.25, 0.3) is 0 Å². The standard InChI is InChI=1S/C18H25ClN2S/c1-5-14-10-13(2)6-7-15(14)17(8-9-21(3)4)22-18-12-20-11-16(18)19/h6-7,10-12,17,20H,5,8-9H2,1-4H3. The highest BCUT2D eigenvalue weighted by molar-refractivity contribution is 7.99. The van der Waals surface area contributed by atoms with Crippen LogP contribution in [0.4, 0.5) is 0 Å². The first-order valence-electron chi connectivity index (χ1n) is 7.74. The molecule has 1 heterocycles. The number of nitrogens with zero attached hydrogens (tertiary/aromatic N) is 1. The van der Waals surface area contributed by atoms with Crippen LogP contribution in [0, 0.1) is 6.92 Å². The Morgan fingerprint density at radius 2 is 2.05 bits per heavy atom. The van der Waals surface area contributed by atoms with Crippen LogP contribution < -0.4 is 0 Å². The van der Waals surface area contributed by atoms with Crippen molar-refractivity contribution in [1.82, 2.24) is 9.88 Å². The number of hydrogen-bond acceptors (Lipinski definition) is 2. The zero-order valence-corrected chi connectivity index (χ0v) is 15.4. The molecule has 0 spiro atoms. The Balaban J connectivity index is 2.29. The third-order valence-corrected chi connectivity index (χ3v) is 5.58. The molecule has 22 heavy (non-hydrogen) atoms. The molecule has 2 aromatic rings. The highest BCUT2D eigenvalue weighted by Crippen LogP contribution is 2.42. The molecular formula is C18H25ClN2S. The summed E-state index contributed by atoms with van der Waals surface area (Å²) in [6.07, 6.45) is 6.02. The second-order valence-corrected chi connectivity index (χ2v) is 7.57. The van der Waals surface area contributed by atoms with Crippen molar-refractivity contribution in [2.24, 2.45) is 0 Å². The third kappa shape index (κ3) is 4.55. The maximum absolute atomic E-state index is 6.27. The van der Waals surface area contributed by atoms with E-state index in [4.69, 9.17) is 11.6 Å². The number of H-pyrrole nitrogens is 1. The Kier molecular flexibility index (Phi) is 6.42. The highest BCUT2D eigenvalue weighted by Gasteiger charge is 2.18. The number of benzene rings is 1. The Morgan fingerprint density at radius 3 is 2.64 bits per heavy atom. The molecule has 1 atom stereocenters. The molecular weight excluding hydrogens is 312 g/mol. The Hall–Kier alpha value is -0.900. The Labute approximate surface area is 143 Å². The molecule has 2 rings (SSSR count). The Morgan fingerprint density at radius 1 is 1.27 bits per heavy atom. The van der Waals surface area contributed by atoms with Crippen molar-refractivity contribution < 1.29 is 0 Å². The predicted molar refractivity (Wildman–Crippen MR) is 98.1 cm³/mol. The van der Waals surface area contributed by atoms with E-state index in [2.05, 4.69) is 56.0 Å². The van der Waals surface area contributed by atoms with Crippen molar-refractivity contribution in [3.63, 3.8) is 0 Å². The highest BCUT2D eigenvalue weighted by atomic mass is 35.5. The molecule has 4 heteroatoms. The van der Waals surface area contributed by atoms with Crippen LogP contribution in [-0.2, 0) is 6.42 Å².